The van der Waals surface area contributed by atoms with Crippen molar-refractivity contribution in [2.75, 3.05) is 0 Å². The van der Waals surface area contributed by atoms with Crippen molar-refractivity contribution < 1.29 is 18.7 Å². The van der Waals surface area contributed by atoms with E-state index in [9.17, 15) is 14.3 Å². The lowest BCUT2D eigenvalue weighted by Gasteiger charge is -2.62. The minimum atomic E-state index is -1.91. The van der Waals surface area contributed by atoms with E-state index in [0.29, 0.717) is 12.3 Å². The van der Waals surface area contributed by atoms with Gasteiger partial charge in [-0.25, -0.2) is 8.78 Å². The first-order valence-corrected chi connectivity index (χ1v) is 9.11. The summed E-state index contributed by atoms with van der Waals surface area (Å²) < 4.78 is 31.5. The molecule has 4 aliphatic rings. The number of hydrogen-bond donors (Lipinski definition) is 1. The molecule has 1 N–H and O–H groups in total. The zero-order valence-corrected chi connectivity index (χ0v) is 14.6. The highest BCUT2D eigenvalue weighted by atomic mass is 19.1. The van der Waals surface area contributed by atoms with Gasteiger partial charge in [0, 0.05) is 11.3 Å². The van der Waals surface area contributed by atoms with Crippen molar-refractivity contribution in [1.29, 1.82) is 0 Å². The van der Waals surface area contributed by atoms with E-state index in [1.165, 1.54) is 18.2 Å². The van der Waals surface area contributed by atoms with Gasteiger partial charge in [0.1, 0.15) is 6.17 Å². The summed E-state index contributed by atoms with van der Waals surface area (Å²) >= 11 is 0. The van der Waals surface area contributed by atoms with Crippen LogP contribution in [-0.2, 0) is 4.79 Å². The molecular formula is C20H26F2O2. The van der Waals surface area contributed by atoms with Gasteiger partial charge in [0.05, 0.1) is 6.10 Å². The van der Waals surface area contributed by atoms with Gasteiger partial charge in [0.25, 0.3) is 0 Å². The molecule has 4 rings (SSSR count). The van der Waals surface area contributed by atoms with Crippen molar-refractivity contribution >= 4 is 5.78 Å². The summed E-state index contributed by atoms with van der Waals surface area (Å²) in [4.78, 5) is 11.7. The van der Waals surface area contributed by atoms with Crippen LogP contribution in [0.4, 0.5) is 8.78 Å². The molecular weight excluding hydrogens is 310 g/mol. The number of allylic oxidation sites excluding steroid dienone is 4. The Kier molecular flexibility index (Phi) is 3.27. The molecule has 0 aliphatic heterocycles. The van der Waals surface area contributed by atoms with Crippen molar-refractivity contribution in [2.24, 2.45) is 28.6 Å². The topological polar surface area (TPSA) is 37.3 Å². The van der Waals surface area contributed by atoms with Crippen LogP contribution in [0.3, 0.4) is 0 Å². The number of halogens is 2. The number of carbonyl (C=O) groups is 1. The number of aliphatic hydroxyl groups is 1. The van der Waals surface area contributed by atoms with Crippen molar-refractivity contribution in [3.05, 3.63) is 23.8 Å². The van der Waals surface area contributed by atoms with Crippen LogP contribution in [0, 0.1) is 28.6 Å². The molecule has 0 heterocycles. The monoisotopic (exact) mass is 336 g/mol. The summed E-state index contributed by atoms with van der Waals surface area (Å²) in [5.41, 5.74) is -3.07. The normalized spacial score (nSPS) is 56.3. The van der Waals surface area contributed by atoms with Gasteiger partial charge in [-0.05, 0) is 67.6 Å². The lowest BCUT2D eigenvalue weighted by atomic mass is 9.45. The van der Waals surface area contributed by atoms with Crippen LogP contribution >= 0.6 is 0 Å². The molecule has 0 aromatic heterocycles. The van der Waals surface area contributed by atoms with Crippen LogP contribution in [-0.4, -0.2) is 28.8 Å². The molecule has 0 aromatic rings. The molecule has 0 saturated heterocycles. The lowest BCUT2D eigenvalue weighted by molar-refractivity contribution is -0.200. The predicted octanol–water partition coefficient (Wildman–Crippen LogP) is 3.94. The van der Waals surface area contributed by atoms with E-state index in [-0.39, 0.29) is 29.1 Å². The molecule has 3 fully saturated rings. The fourth-order valence-electron chi connectivity index (χ4n) is 6.45. The lowest BCUT2D eigenvalue weighted by Crippen LogP contribution is -2.68. The maximum absolute atomic E-state index is 16.5. The number of ketones is 1. The second kappa shape index (κ2) is 4.78. The zero-order valence-electron chi connectivity index (χ0n) is 14.6. The number of aliphatic hydroxyl groups excluding tert-OH is 1. The standard InChI is InChI=1S/C20H26F2O2/c1-11-4-5-13-14-9-16(21)15-8-12(23)6-7-19(15,3)20(14,22)17(24)10-18(11,13)2/h6-8,11,13-14,16-17,24H,4-5,9-10H2,1-3H3/t11-,13?,14?,16-,17-,18+,19-,20-/m0/s1. The Balaban J connectivity index is 1.86. The average Bonchev–Trinajstić information content (AvgIpc) is 2.80. The Morgan fingerprint density at radius 1 is 1.25 bits per heavy atom. The second-order valence-electron chi connectivity index (χ2n) is 8.93. The van der Waals surface area contributed by atoms with Gasteiger partial charge in [-0.1, -0.05) is 19.9 Å². The molecule has 0 radical (unpaired) electrons. The first kappa shape index (κ1) is 16.4. The Morgan fingerprint density at radius 3 is 2.67 bits per heavy atom. The summed E-state index contributed by atoms with van der Waals surface area (Å²) in [6, 6.07) is 0. The van der Waals surface area contributed by atoms with Gasteiger partial charge >= 0.3 is 0 Å². The van der Waals surface area contributed by atoms with Gasteiger partial charge in [-0.2, -0.15) is 0 Å². The predicted molar refractivity (Wildman–Crippen MR) is 87.8 cm³/mol. The van der Waals surface area contributed by atoms with Crippen molar-refractivity contribution in [3.8, 4) is 0 Å². The molecule has 4 heteroatoms. The number of fused-ring (bicyclic) bond motifs is 5. The fourth-order valence-corrected chi connectivity index (χ4v) is 6.45. The van der Waals surface area contributed by atoms with Crippen LogP contribution in [0.15, 0.2) is 23.8 Å². The van der Waals surface area contributed by atoms with Crippen LogP contribution < -0.4 is 0 Å². The highest BCUT2D eigenvalue weighted by Gasteiger charge is 2.71. The fraction of sp³-hybridized carbons (Fsp3) is 0.750. The third-order valence-electron chi connectivity index (χ3n) is 8.10. The molecule has 0 aromatic carbocycles. The molecule has 132 valence electrons. The molecule has 0 spiro atoms. The third kappa shape index (κ3) is 1.71. The van der Waals surface area contributed by atoms with Crippen molar-refractivity contribution in [2.45, 2.75) is 64.4 Å². The molecule has 2 unspecified atom stereocenters. The third-order valence-corrected chi connectivity index (χ3v) is 8.10. The SMILES string of the molecule is C[C@H]1CCC2C3C[C@H](F)C4=CC(=O)C=C[C@]4(C)[C@@]3(F)[C@@H](O)C[C@@]21C. The smallest absolute Gasteiger partial charge is 0.178 e. The number of hydrogen-bond acceptors (Lipinski definition) is 2. The quantitative estimate of drug-likeness (QED) is 0.727. The average molecular weight is 336 g/mol. The first-order valence-electron chi connectivity index (χ1n) is 9.11. The van der Waals surface area contributed by atoms with E-state index in [2.05, 4.69) is 13.8 Å². The number of rotatable bonds is 0. The van der Waals surface area contributed by atoms with Gasteiger partial charge in [-0.3, -0.25) is 4.79 Å². The number of alkyl halides is 2. The maximum Gasteiger partial charge on any atom is 0.178 e. The molecule has 8 atom stereocenters. The number of carbonyl (C=O) groups excluding carboxylic acids is 1. The summed E-state index contributed by atoms with van der Waals surface area (Å²) in [7, 11) is 0. The van der Waals surface area contributed by atoms with Crippen LogP contribution in [0.5, 0.6) is 0 Å². The second-order valence-corrected chi connectivity index (χ2v) is 8.93. The van der Waals surface area contributed by atoms with Gasteiger partial charge in [-0.15, -0.1) is 0 Å². The molecule has 4 aliphatic carbocycles. The Bertz CT molecular complexity index is 656. The van der Waals surface area contributed by atoms with Gasteiger partial charge in [0.2, 0.25) is 0 Å². The summed E-state index contributed by atoms with van der Waals surface area (Å²) in [5.74, 6) is -0.306. The van der Waals surface area contributed by atoms with Crippen LogP contribution in [0.1, 0.15) is 46.5 Å². The van der Waals surface area contributed by atoms with E-state index in [0.717, 1.165) is 12.8 Å². The largest absolute Gasteiger partial charge is 0.390 e. The molecule has 0 bridgehead atoms. The molecule has 2 nitrogen and oxygen atoms in total. The molecule has 0 amide bonds. The Hall–Kier alpha value is -1.03. The van der Waals surface area contributed by atoms with E-state index in [1.54, 1.807) is 6.92 Å². The molecule has 24 heavy (non-hydrogen) atoms. The summed E-state index contributed by atoms with van der Waals surface area (Å²) in [5, 5.41) is 10.9. The minimum Gasteiger partial charge on any atom is -0.390 e. The highest BCUT2D eigenvalue weighted by molar-refractivity contribution is 6.01. The van der Waals surface area contributed by atoms with Gasteiger partial charge in [0.15, 0.2) is 11.5 Å². The Labute approximate surface area is 142 Å². The Morgan fingerprint density at radius 2 is 1.96 bits per heavy atom. The van der Waals surface area contributed by atoms with E-state index >= 15 is 4.39 Å². The van der Waals surface area contributed by atoms with Gasteiger partial charge < -0.3 is 5.11 Å². The summed E-state index contributed by atoms with van der Waals surface area (Å²) in [6.45, 7) is 5.96. The van der Waals surface area contributed by atoms with E-state index in [1.807, 2.05) is 0 Å². The molecule has 3 saturated carbocycles. The minimum absolute atomic E-state index is 0.0725. The van der Waals surface area contributed by atoms with Crippen LogP contribution in [0.25, 0.3) is 0 Å². The van der Waals surface area contributed by atoms with E-state index < -0.39 is 29.3 Å². The van der Waals surface area contributed by atoms with Crippen LogP contribution in [0.2, 0.25) is 0 Å². The maximum atomic E-state index is 16.5. The first-order chi connectivity index (χ1) is 11.1. The van der Waals surface area contributed by atoms with Crippen molar-refractivity contribution in [3.63, 3.8) is 0 Å². The summed E-state index contributed by atoms with van der Waals surface area (Å²) in [6.07, 6.45) is 4.02. The zero-order chi connectivity index (χ0) is 17.5. The highest BCUT2D eigenvalue weighted by Crippen LogP contribution is 2.68. The van der Waals surface area contributed by atoms with E-state index in [4.69, 9.17) is 0 Å². The van der Waals surface area contributed by atoms with Crippen molar-refractivity contribution in [1.82, 2.24) is 0 Å².